The lowest BCUT2D eigenvalue weighted by Gasteiger charge is -2.41. The number of nitrogens with zero attached hydrogens (tertiary/aromatic N) is 2. The van der Waals surface area contributed by atoms with Gasteiger partial charge < -0.3 is 0 Å². The van der Waals surface area contributed by atoms with Gasteiger partial charge in [-0.05, 0) is 59.2 Å². The molecule has 0 bridgehead atoms. The predicted octanol–water partition coefficient (Wildman–Crippen LogP) is 12.3. The van der Waals surface area contributed by atoms with E-state index in [1.165, 1.54) is 89.8 Å². The van der Waals surface area contributed by atoms with E-state index in [2.05, 4.69) is 172 Å². The lowest BCUT2D eigenvalue weighted by Crippen LogP contribution is -2.62. The summed E-state index contributed by atoms with van der Waals surface area (Å²) in [4.78, 5) is 0. The molecule has 0 radical (unpaired) electrons. The molecule has 2 nitrogen and oxygen atoms in total. The van der Waals surface area contributed by atoms with Crippen molar-refractivity contribution in [3.63, 3.8) is 0 Å². The van der Waals surface area contributed by atoms with Crippen molar-refractivity contribution in [1.29, 1.82) is 0 Å². The number of benzene rings is 4. The van der Waals surface area contributed by atoms with Gasteiger partial charge in [0.1, 0.15) is 7.05 Å². The van der Waals surface area contributed by atoms with Crippen LogP contribution in [0.25, 0.3) is 53.8 Å². The zero-order valence-electron chi connectivity index (χ0n) is 30.8. The van der Waals surface area contributed by atoms with Gasteiger partial charge in [0, 0.05) is 62.3 Å². The maximum absolute atomic E-state index is 2.73. The zero-order valence-corrected chi connectivity index (χ0v) is 31.6. The van der Waals surface area contributed by atoms with Crippen molar-refractivity contribution in [2.75, 3.05) is 0 Å². The highest BCUT2D eigenvalue weighted by atomic mass is 32.1. The first-order valence-electron chi connectivity index (χ1n) is 19.1. The quantitative estimate of drug-likeness (QED) is 0.127. The molecule has 0 N–H and O–H groups in total. The maximum Gasteiger partial charge on any atom is 0.213 e. The van der Waals surface area contributed by atoms with Crippen LogP contribution in [-0.2, 0) is 19.0 Å². The first-order chi connectivity index (χ1) is 25.0. The Balaban J connectivity index is 1.37. The number of aryl methyl sites for hydroxylation is 1. The molecule has 1 aliphatic heterocycles. The second kappa shape index (κ2) is 13.8. The Hall–Kier alpha value is -4.60. The molecule has 256 valence electrons. The van der Waals surface area contributed by atoms with Crippen LogP contribution < -0.4 is 9.13 Å². The average Bonchev–Trinajstić information content (AvgIpc) is 3.56. The lowest BCUT2D eigenvalue weighted by molar-refractivity contribution is -0.762. The molecule has 0 saturated heterocycles. The van der Waals surface area contributed by atoms with E-state index < -0.39 is 0 Å². The van der Waals surface area contributed by atoms with Crippen molar-refractivity contribution in [1.82, 2.24) is 0 Å². The summed E-state index contributed by atoms with van der Waals surface area (Å²) < 4.78 is 7.79. The molecule has 0 saturated carbocycles. The minimum absolute atomic E-state index is 0.0936. The standard InChI is InChI=1S/C48H50N2S/c1-6-9-19-33(4)40-31-44-37-23-14-13-22-36(37)42(48(7-2,8-3)50(44)32-41(40)34-20-11-10-12-21-34)30-35-27-28-39-38-24-15-16-26-45(38)51-47(39)46(35)43-25-17-18-29-49(43)5/h10-18,20-29,31-33,42H,6-9,19,30H2,1-5H3/q+2. The maximum atomic E-state index is 2.73. The molecule has 1 aliphatic rings. The monoisotopic (exact) mass is 686 g/mol. The Morgan fingerprint density at radius 2 is 1.49 bits per heavy atom. The van der Waals surface area contributed by atoms with Gasteiger partial charge in [0.2, 0.25) is 11.4 Å². The summed E-state index contributed by atoms with van der Waals surface area (Å²) in [5.74, 6) is 0.781. The predicted molar refractivity (Wildman–Crippen MR) is 216 cm³/mol. The fourth-order valence-electron chi connectivity index (χ4n) is 9.23. The van der Waals surface area contributed by atoms with E-state index in [-0.39, 0.29) is 5.54 Å². The van der Waals surface area contributed by atoms with Crippen LogP contribution in [0.1, 0.15) is 88.3 Å². The summed E-state index contributed by atoms with van der Waals surface area (Å²) in [5.41, 5.74) is 12.4. The lowest BCUT2D eigenvalue weighted by atomic mass is 9.67. The third-order valence-corrected chi connectivity index (χ3v) is 13.3. The highest BCUT2D eigenvalue weighted by molar-refractivity contribution is 7.26. The van der Waals surface area contributed by atoms with E-state index in [1.807, 2.05) is 11.3 Å². The molecule has 3 heteroatoms. The second-order valence-electron chi connectivity index (χ2n) is 14.7. The Labute approximate surface area is 308 Å². The number of pyridine rings is 2. The molecule has 3 aromatic heterocycles. The largest absolute Gasteiger partial charge is 0.213 e. The minimum Gasteiger partial charge on any atom is -0.201 e. The summed E-state index contributed by atoms with van der Waals surface area (Å²) in [6.07, 6.45) is 11.5. The van der Waals surface area contributed by atoms with Crippen LogP contribution in [0.15, 0.2) is 128 Å². The smallest absolute Gasteiger partial charge is 0.201 e. The first-order valence-corrected chi connectivity index (χ1v) is 19.9. The van der Waals surface area contributed by atoms with E-state index in [9.17, 15) is 0 Å². The van der Waals surface area contributed by atoms with Crippen molar-refractivity contribution in [2.24, 2.45) is 7.05 Å². The summed E-state index contributed by atoms with van der Waals surface area (Å²) in [7, 11) is 2.19. The van der Waals surface area contributed by atoms with Gasteiger partial charge in [-0.1, -0.05) is 119 Å². The Kier molecular flexibility index (Phi) is 9.11. The van der Waals surface area contributed by atoms with Gasteiger partial charge >= 0.3 is 0 Å². The fraction of sp³-hybridized carbons (Fsp3) is 0.292. The number of aromatic nitrogens is 2. The molecule has 0 spiro atoms. The number of thiophene rings is 1. The van der Waals surface area contributed by atoms with E-state index >= 15 is 0 Å². The molecule has 7 aromatic rings. The van der Waals surface area contributed by atoms with E-state index in [0.29, 0.717) is 11.8 Å². The Morgan fingerprint density at radius 3 is 2.27 bits per heavy atom. The molecule has 2 atom stereocenters. The van der Waals surface area contributed by atoms with Crippen LogP contribution in [-0.4, -0.2) is 0 Å². The normalized spacial score (nSPS) is 15.5. The van der Waals surface area contributed by atoms with E-state index in [0.717, 1.165) is 19.3 Å². The Morgan fingerprint density at radius 1 is 0.745 bits per heavy atom. The summed E-state index contributed by atoms with van der Waals surface area (Å²) in [6.45, 7) is 9.60. The van der Waals surface area contributed by atoms with Gasteiger partial charge in [0.05, 0.1) is 11.5 Å². The van der Waals surface area contributed by atoms with Crippen LogP contribution in [0.2, 0.25) is 0 Å². The number of fused-ring (bicyclic) bond motifs is 6. The van der Waals surface area contributed by atoms with E-state index in [1.54, 1.807) is 0 Å². The van der Waals surface area contributed by atoms with Gasteiger partial charge in [-0.3, -0.25) is 0 Å². The summed E-state index contributed by atoms with van der Waals surface area (Å²) in [6, 6.07) is 43.5. The van der Waals surface area contributed by atoms with Gasteiger partial charge in [-0.15, -0.1) is 11.3 Å². The highest BCUT2D eigenvalue weighted by Gasteiger charge is 2.52. The number of rotatable bonds is 10. The van der Waals surface area contributed by atoms with Gasteiger partial charge in [-0.2, -0.15) is 4.57 Å². The van der Waals surface area contributed by atoms with Crippen molar-refractivity contribution in [3.8, 4) is 33.6 Å². The molecule has 0 amide bonds. The van der Waals surface area contributed by atoms with Crippen molar-refractivity contribution >= 4 is 31.5 Å². The van der Waals surface area contributed by atoms with Crippen LogP contribution in [0, 0.1) is 0 Å². The van der Waals surface area contributed by atoms with Gasteiger partial charge in [0.25, 0.3) is 0 Å². The van der Waals surface area contributed by atoms with Crippen molar-refractivity contribution < 1.29 is 9.13 Å². The van der Waals surface area contributed by atoms with Crippen LogP contribution >= 0.6 is 11.3 Å². The van der Waals surface area contributed by atoms with Crippen LogP contribution in [0.3, 0.4) is 0 Å². The molecule has 4 heterocycles. The molecule has 2 unspecified atom stereocenters. The third kappa shape index (κ3) is 5.62. The minimum atomic E-state index is -0.0936. The average molecular weight is 687 g/mol. The first kappa shape index (κ1) is 33.5. The fourth-order valence-corrected chi connectivity index (χ4v) is 10.5. The van der Waals surface area contributed by atoms with Gasteiger partial charge in [-0.25, -0.2) is 4.57 Å². The van der Waals surface area contributed by atoms with Crippen molar-refractivity contribution in [2.45, 2.75) is 83.6 Å². The molecule has 0 fully saturated rings. The molecule has 8 rings (SSSR count). The number of hydrogen-bond donors (Lipinski definition) is 0. The molecular weight excluding hydrogens is 637 g/mol. The zero-order chi connectivity index (χ0) is 35.1. The molecule has 4 aromatic carbocycles. The Bertz CT molecular complexity index is 2350. The SMILES string of the molecule is CCCCC(C)c1cc2[n+](cc1-c1ccccc1)C(CC)(CC)C(Cc1ccc3c(sc4ccccc43)c1-c1cccc[n+]1C)c1ccccc1-2. The van der Waals surface area contributed by atoms with Gasteiger partial charge in [0.15, 0.2) is 17.9 Å². The number of hydrogen-bond acceptors (Lipinski definition) is 1. The van der Waals surface area contributed by atoms with E-state index in [4.69, 9.17) is 0 Å². The second-order valence-corrected chi connectivity index (χ2v) is 15.8. The topological polar surface area (TPSA) is 7.76 Å². The van der Waals surface area contributed by atoms with Crippen LogP contribution in [0.4, 0.5) is 0 Å². The molecule has 0 aliphatic carbocycles. The van der Waals surface area contributed by atoms with Crippen LogP contribution in [0.5, 0.6) is 0 Å². The highest BCUT2D eigenvalue weighted by Crippen LogP contribution is 2.50. The molecule has 51 heavy (non-hydrogen) atoms. The summed E-state index contributed by atoms with van der Waals surface area (Å²) >= 11 is 1.94. The number of unbranched alkanes of at least 4 members (excludes halogenated alkanes) is 1. The van der Waals surface area contributed by atoms with Crippen molar-refractivity contribution in [3.05, 3.63) is 144 Å². The summed E-state index contributed by atoms with van der Waals surface area (Å²) in [5, 5.41) is 2.71. The molecular formula is C48H50N2S+2. The third-order valence-electron chi connectivity index (χ3n) is 12.1.